The number of benzene rings is 1. The molecule has 0 fully saturated rings. The molecule has 2 aromatic rings. The maximum absolute atomic E-state index is 5.65. The van der Waals surface area contributed by atoms with Crippen molar-refractivity contribution < 1.29 is 4.74 Å². The quantitative estimate of drug-likeness (QED) is 0.822. The van der Waals surface area contributed by atoms with Gasteiger partial charge in [0.15, 0.2) is 5.75 Å². The van der Waals surface area contributed by atoms with E-state index in [9.17, 15) is 0 Å². The third kappa shape index (κ3) is 3.60. The largest absolute Gasteiger partial charge is 0.486 e. The summed E-state index contributed by atoms with van der Waals surface area (Å²) < 4.78 is 7.52. The van der Waals surface area contributed by atoms with Crippen molar-refractivity contribution in [1.29, 1.82) is 0 Å². The van der Waals surface area contributed by atoms with Crippen LogP contribution in [-0.2, 0) is 13.2 Å². The Bertz CT molecular complexity index is 439. The third-order valence-electron chi connectivity index (χ3n) is 2.45. The molecular formula is C13H17N3O. The molecule has 0 bridgehead atoms. The van der Waals surface area contributed by atoms with Crippen LogP contribution in [0.4, 0.5) is 0 Å². The fraction of sp³-hybridized carbons (Fsp3) is 0.308. The third-order valence-corrected chi connectivity index (χ3v) is 2.45. The van der Waals surface area contributed by atoms with Gasteiger partial charge >= 0.3 is 0 Å². The summed E-state index contributed by atoms with van der Waals surface area (Å²) in [6, 6.07) is 10.1. The Morgan fingerprint density at radius 2 is 2.12 bits per heavy atom. The van der Waals surface area contributed by atoms with Crippen molar-refractivity contribution in [2.24, 2.45) is 0 Å². The van der Waals surface area contributed by atoms with E-state index in [-0.39, 0.29) is 0 Å². The Morgan fingerprint density at radius 3 is 2.88 bits per heavy atom. The number of likely N-dealkylation sites (N-methyl/N-ethyl adjacent to an activating group) is 1. The zero-order chi connectivity index (χ0) is 11.9. The van der Waals surface area contributed by atoms with Crippen LogP contribution in [0, 0.1) is 0 Å². The molecule has 0 radical (unpaired) electrons. The molecule has 2 rings (SSSR count). The topological polar surface area (TPSA) is 39.1 Å². The molecule has 0 saturated carbocycles. The van der Waals surface area contributed by atoms with Gasteiger partial charge in [-0.05, 0) is 12.6 Å². The molecule has 0 aliphatic rings. The number of nitrogens with zero attached hydrogens (tertiary/aromatic N) is 2. The van der Waals surface area contributed by atoms with Gasteiger partial charge in [-0.15, -0.1) is 0 Å². The molecule has 4 nitrogen and oxygen atoms in total. The number of nitrogens with one attached hydrogen (secondary N) is 1. The van der Waals surface area contributed by atoms with Crippen molar-refractivity contribution >= 4 is 0 Å². The molecule has 0 spiro atoms. The van der Waals surface area contributed by atoms with Crippen LogP contribution in [0.3, 0.4) is 0 Å². The van der Waals surface area contributed by atoms with Gasteiger partial charge in [0.1, 0.15) is 6.61 Å². The highest BCUT2D eigenvalue weighted by molar-refractivity contribution is 5.16. The zero-order valence-corrected chi connectivity index (χ0v) is 9.97. The first-order valence-corrected chi connectivity index (χ1v) is 5.72. The minimum absolute atomic E-state index is 0.582. The molecule has 1 N–H and O–H groups in total. The lowest BCUT2D eigenvalue weighted by atomic mass is 10.2. The van der Waals surface area contributed by atoms with Crippen molar-refractivity contribution in [3.05, 3.63) is 48.3 Å². The molecule has 17 heavy (non-hydrogen) atoms. The van der Waals surface area contributed by atoms with Crippen LogP contribution < -0.4 is 10.1 Å². The van der Waals surface area contributed by atoms with Crippen LogP contribution in [-0.4, -0.2) is 23.4 Å². The predicted octanol–water partition coefficient (Wildman–Crippen LogP) is 1.68. The summed E-state index contributed by atoms with van der Waals surface area (Å²) >= 11 is 0. The number of hydrogen-bond donors (Lipinski definition) is 1. The maximum atomic E-state index is 5.65. The predicted molar refractivity (Wildman–Crippen MR) is 66.9 cm³/mol. The van der Waals surface area contributed by atoms with E-state index in [2.05, 4.69) is 10.4 Å². The minimum atomic E-state index is 0.582. The fourth-order valence-corrected chi connectivity index (χ4v) is 1.51. The highest BCUT2D eigenvalue weighted by Gasteiger charge is 1.99. The summed E-state index contributed by atoms with van der Waals surface area (Å²) in [5.74, 6) is 0.810. The molecule has 90 valence electrons. The van der Waals surface area contributed by atoms with Crippen LogP contribution >= 0.6 is 0 Å². The van der Waals surface area contributed by atoms with Gasteiger partial charge in [0.2, 0.25) is 0 Å². The van der Waals surface area contributed by atoms with Crippen LogP contribution in [0.25, 0.3) is 0 Å². The molecule has 1 heterocycles. The maximum Gasteiger partial charge on any atom is 0.157 e. The summed E-state index contributed by atoms with van der Waals surface area (Å²) in [6.45, 7) is 2.34. The number of rotatable bonds is 6. The van der Waals surface area contributed by atoms with E-state index in [1.54, 1.807) is 6.20 Å². The van der Waals surface area contributed by atoms with Crippen molar-refractivity contribution in [1.82, 2.24) is 15.1 Å². The van der Waals surface area contributed by atoms with E-state index >= 15 is 0 Å². The van der Waals surface area contributed by atoms with Gasteiger partial charge in [-0.2, -0.15) is 5.10 Å². The Morgan fingerprint density at radius 1 is 1.29 bits per heavy atom. The Hall–Kier alpha value is -1.81. The van der Waals surface area contributed by atoms with E-state index in [1.165, 1.54) is 0 Å². The number of aromatic nitrogens is 2. The average molecular weight is 231 g/mol. The SMILES string of the molecule is CNCCn1cc(OCc2ccccc2)cn1. The monoisotopic (exact) mass is 231 g/mol. The smallest absolute Gasteiger partial charge is 0.157 e. The van der Waals surface area contributed by atoms with E-state index in [1.807, 2.05) is 48.3 Å². The molecule has 0 aliphatic carbocycles. The van der Waals surface area contributed by atoms with E-state index < -0.39 is 0 Å². The lowest BCUT2D eigenvalue weighted by molar-refractivity contribution is 0.305. The highest BCUT2D eigenvalue weighted by Crippen LogP contribution is 2.10. The number of ether oxygens (including phenoxy) is 1. The first kappa shape index (κ1) is 11.7. The summed E-state index contributed by atoms with van der Waals surface area (Å²) in [5, 5.41) is 7.30. The normalized spacial score (nSPS) is 10.4. The molecule has 0 atom stereocenters. The molecular weight excluding hydrogens is 214 g/mol. The molecule has 0 amide bonds. The summed E-state index contributed by atoms with van der Waals surface area (Å²) in [4.78, 5) is 0. The van der Waals surface area contributed by atoms with E-state index in [4.69, 9.17) is 4.74 Å². The molecule has 0 unspecified atom stereocenters. The fourth-order valence-electron chi connectivity index (χ4n) is 1.51. The minimum Gasteiger partial charge on any atom is -0.486 e. The van der Waals surface area contributed by atoms with Crippen molar-refractivity contribution in [2.45, 2.75) is 13.2 Å². The zero-order valence-electron chi connectivity index (χ0n) is 9.97. The standard InChI is InChI=1S/C13H17N3O/c1-14-7-8-16-10-13(9-15-16)17-11-12-5-3-2-4-6-12/h2-6,9-10,14H,7-8,11H2,1H3. The van der Waals surface area contributed by atoms with Gasteiger partial charge in [-0.3, -0.25) is 4.68 Å². The summed E-state index contributed by atoms with van der Waals surface area (Å²) in [6.07, 6.45) is 3.67. The van der Waals surface area contributed by atoms with Gasteiger partial charge in [0, 0.05) is 6.54 Å². The van der Waals surface area contributed by atoms with Crippen molar-refractivity contribution in [3.8, 4) is 5.75 Å². The molecule has 1 aromatic carbocycles. The van der Waals surface area contributed by atoms with Gasteiger partial charge in [0.25, 0.3) is 0 Å². The van der Waals surface area contributed by atoms with Crippen LogP contribution in [0.15, 0.2) is 42.7 Å². The van der Waals surface area contributed by atoms with Gasteiger partial charge in [-0.25, -0.2) is 0 Å². The van der Waals surface area contributed by atoms with Crippen LogP contribution in [0.2, 0.25) is 0 Å². The van der Waals surface area contributed by atoms with Crippen molar-refractivity contribution in [3.63, 3.8) is 0 Å². The Labute approximate surface area is 101 Å². The lowest BCUT2D eigenvalue weighted by Crippen LogP contribution is -2.14. The average Bonchev–Trinajstić information content (AvgIpc) is 2.83. The van der Waals surface area contributed by atoms with Crippen molar-refractivity contribution in [2.75, 3.05) is 13.6 Å². The number of hydrogen-bond acceptors (Lipinski definition) is 3. The second-order valence-corrected chi connectivity index (χ2v) is 3.82. The van der Waals surface area contributed by atoms with Crippen LogP contribution in [0.1, 0.15) is 5.56 Å². The Kier molecular flexibility index (Phi) is 4.16. The summed E-state index contributed by atoms with van der Waals surface area (Å²) in [7, 11) is 1.93. The summed E-state index contributed by atoms with van der Waals surface area (Å²) in [5.41, 5.74) is 1.16. The molecule has 1 aromatic heterocycles. The van der Waals surface area contributed by atoms with Crippen LogP contribution in [0.5, 0.6) is 5.75 Å². The Balaban J connectivity index is 1.85. The van der Waals surface area contributed by atoms with Gasteiger partial charge in [0.05, 0.1) is 18.9 Å². The van der Waals surface area contributed by atoms with E-state index in [0.717, 1.165) is 24.4 Å². The molecule has 0 saturated heterocycles. The molecule has 4 heteroatoms. The first-order chi connectivity index (χ1) is 8.38. The second-order valence-electron chi connectivity index (χ2n) is 3.82. The second kappa shape index (κ2) is 6.06. The van der Waals surface area contributed by atoms with E-state index in [0.29, 0.717) is 6.61 Å². The lowest BCUT2D eigenvalue weighted by Gasteiger charge is -2.03. The molecule has 0 aliphatic heterocycles. The van der Waals surface area contributed by atoms with Gasteiger partial charge < -0.3 is 10.1 Å². The highest BCUT2D eigenvalue weighted by atomic mass is 16.5. The van der Waals surface area contributed by atoms with Gasteiger partial charge in [-0.1, -0.05) is 30.3 Å². The first-order valence-electron chi connectivity index (χ1n) is 5.72.